The molecule has 0 bridgehead atoms. The van der Waals surface area contributed by atoms with Crippen LogP contribution in [0.2, 0.25) is 0 Å². The smallest absolute Gasteiger partial charge is 0.250 e. The van der Waals surface area contributed by atoms with Crippen LogP contribution in [-0.2, 0) is 11.3 Å². The first kappa shape index (κ1) is 15.0. The van der Waals surface area contributed by atoms with Gasteiger partial charge in [-0.15, -0.1) is 0 Å². The first-order valence-corrected chi connectivity index (χ1v) is 7.64. The van der Waals surface area contributed by atoms with Crippen LogP contribution in [0.15, 0.2) is 71.7 Å². The quantitative estimate of drug-likeness (QED) is 0.743. The number of nitrogens with zero attached hydrogens (tertiary/aromatic N) is 2. The molecular formula is C19H18N2O2. The molecule has 4 heteroatoms. The Balaban J connectivity index is 1.97. The maximum Gasteiger partial charge on any atom is 0.250 e. The van der Waals surface area contributed by atoms with Crippen molar-refractivity contribution in [3.8, 4) is 0 Å². The van der Waals surface area contributed by atoms with E-state index >= 15 is 0 Å². The summed E-state index contributed by atoms with van der Waals surface area (Å²) >= 11 is 0. The first-order valence-electron chi connectivity index (χ1n) is 7.64. The molecule has 0 aliphatic rings. The third kappa shape index (κ3) is 3.01. The Labute approximate surface area is 134 Å². The highest BCUT2D eigenvalue weighted by Crippen LogP contribution is 2.26. The number of aromatic nitrogens is 1. The highest BCUT2D eigenvalue weighted by Gasteiger charge is 2.16. The Hall–Kier alpha value is -2.88. The van der Waals surface area contributed by atoms with E-state index < -0.39 is 0 Å². The number of pyridine rings is 1. The highest BCUT2D eigenvalue weighted by molar-refractivity contribution is 6.03. The Morgan fingerprint density at radius 2 is 1.74 bits per heavy atom. The zero-order valence-corrected chi connectivity index (χ0v) is 13.0. The van der Waals surface area contributed by atoms with E-state index in [0.29, 0.717) is 6.54 Å². The van der Waals surface area contributed by atoms with E-state index in [1.165, 1.54) is 10.6 Å². The summed E-state index contributed by atoms with van der Waals surface area (Å²) in [5.41, 5.74) is 0.703. The lowest BCUT2D eigenvalue weighted by Crippen LogP contribution is -2.36. The average Bonchev–Trinajstić information content (AvgIpc) is 2.58. The lowest BCUT2D eigenvalue weighted by atomic mass is 10.1. The maximum atomic E-state index is 12.7. The molecule has 1 amide bonds. The van der Waals surface area contributed by atoms with Crippen LogP contribution in [0.5, 0.6) is 0 Å². The van der Waals surface area contributed by atoms with Gasteiger partial charge in [0.25, 0.3) is 5.56 Å². The molecule has 0 saturated carbocycles. The van der Waals surface area contributed by atoms with Crippen LogP contribution in [0.3, 0.4) is 0 Å². The lowest BCUT2D eigenvalue weighted by Gasteiger charge is -2.23. The summed E-state index contributed by atoms with van der Waals surface area (Å²) in [4.78, 5) is 26.2. The summed E-state index contributed by atoms with van der Waals surface area (Å²) in [6.07, 6.45) is 1.64. The Kier molecular flexibility index (Phi) is 4.24. The van der Waals surface area contributed by atoms with Crippen molar-refractivity contribution < 1.29 is 4.79 Å². The van der Waals surface area contributed by atoms with Crippen molar-refractivity contribution >= 4 is 22.4 Å². The van der Waals surface area contributed by atoms with Gasteiger partial charge in [-0.1, -0.05) is 42.5 Å². The van der Waals surface area contributed by atoms with Crippen molar-refractivity contribution in [1.29, 1.82) is 0 Å². The molecule has 23 heavy (non-hydrogen) atoms. The molecule has 1 aromatic heterocycles. The molecule has 3 aromatic rings. The monoisotopic (exact) mass is 306 g/mol. The molecule has 2 aromatic carbocycles. The van der Waals surface area contributed by atoms with Crippen molar-refractivity contribution in [2.24, 2.45) is 0 Å². The fourth-order valence-electron chi connectivity index (χ4n) is 2.75. The Morgan fingerprint density at radius 3 is 2.52 bits per heavy atom. The lowest BCUT2D eigenvalue weighted by molar-refractivity contribution is -0.119. The van der Waals surface area contributed by atoms with Gasteiger partial charge in [-0.25, -0.2) is 0 Å². The standard InChI is InChI=1S/C19H18N2O2/c1-2-21(19(23)14-20-13-6-5-12-18(20)22)17-11-7-9-15-8-3-4-10-16(15)17/h3-13H,2,14H2,1H3. The van der Waals surface area contributed by atoms with Gasteiger partial charge in [0.05, 0.1) is 5.69 Å². The number of amides is 1. The number of rotatable bonds is 4. The second-order valence-electron chi connectivity index (χ2n) is 5.30. The summed E-state index contributed by atoms with van der Waals surface area (Å²) in [6.45, 7) is 2.53. The largest absolute Gasteiger partial charge is 0.311 e. The molecule has 0 aliphatic carbocycles. The summed E-state index contributed by atoms with van der Waals surface area (Å²) in [5.74, 6) is -0.0999. The fourth-order valence-corrected chi connectivity index (χ4v) is 2.75. The van der Waals surface area contributed by atoms with E-state index in [1.54, 1.807) is 23.2 Å². The molecule has 0 N–H and O–H groups in total. The third-order valence-electron chi connectivity index (χ3n) is 3.88. The fraction of sp³-hybridized carbons (Fsp3) is 0.158. The van der Waals surface area contributed by atoms with Crippen molar-refractivity contribution in [2.75, 3.05) is 11.4 Å². The number of carbonyl (C=O) groups is 1. The summed E-state index contributed by atoms with van der Waals surface area (Å²) < 4.78 is 1.43. The molecule has 0 atom stereocenters. The predicted molar refractivity (Wildman–Crippen MR) is 92.7 cm³/mol. The van der Waals surface area contributed by atoms with Gasteiger partial charge in [0.15, 0.2) is 0 Å². The molecule has 116 valence electrons. The van der Waals surface area contributed by atoms with E-state index in [9.17, 15) is 9.59 Å². The number of carbonyl (C=O) groups excluding carboxylic acids is 1. The van der Waals surface area contributed by atoms with Crippen LogP contribution >= 0.6 is 0 Å². The molecule has 0 radical (unpaired) electrons. The molecule has 0 saturated heterocycles. The molecule has 1 heterocycles. The summed E-state index contributed by atoms with van der Waals surface area (Å²) in [5, 5.41) is 2.12. The molecular weight excluding hydrogens is 288 g/mol. The average molecular weight is 306 g/mol. The highest BCUT2D eigenvalue weighted by atomic mass is 16.2. The molecule has 0 aliphatic heterocycles. The molecule has 0 spiro atoms. The molecule has 3 rings (SSSR count). The van der Waals surface area contributed by atoms with Crippen molar-refractivity contribution in [1.82, 2.24) is 4.57 Å². The van der Waals surface area contributed by atoms with E-state index in [-0.39, 0.29) is 18.0 Å². The van der Waals surface area contributed by atoms with Crippen molar-refractivity contribution in [3.05, 3.63) is 77.2 Å². The van der Waals surface area contributed by atoms with Crippen LogP contribution in [0, 0.1) is 0 Å². The summed E-state index contributed by atoms with van der Waals surface area (Å²) in [6, 6.07) is 18.8. The van der Waals surface area contributed by atoms with Crippen molar-refractivity contribution in [3.63, 3.8) is 0 Å². The number of hydrogen-bond donors (Lipinski definition) is 0. The predicted octanol–water partition coefficient (Wildman–Crippen LogP) is 3.05. The SMILES string of the molecule is CCN(C(=O)Cn1ccccc1=O)c1cccc2ccccc12. The number of likely N-dealkylation sites (N-methyl/N-ethyl adjacent to an activating group) is 1. The number of benzene rings is 2. The van der Waals surface area contributed by atoms with Crippen LogP contribution in [0.4, 0.5) is 5.69 Å². The number of fused-ring (bicyclic) bond motifs is 1. The molecule has 4 nitrogen and oxygen atoms in total. The molecule has 0 unspecified atom stereocenters. The zero-order chi connectivity index (χ0) is 16.2. The topological polar surface area (TPSA) is 42.3 Å². The minimum atomic E-state index is -0.171. The van der Waals surface area contributed by atoms with Crippen LogP contribution in [-0.4, -0.2) is 17.0 Å². The van der Waals surface area contributed by atoms with Crippen LogP contribution < -0.4 is 10.5 Å². The Bertz CT molecular complexity index is 894. The second-order valence-corrected chi connectivity index (χ2v) is 5.30. The second kappa shape index (κ2) is 6.48. The number of anilines is 1. The minimum absolute atomic E-state index is 0.0384. The molecule has 0 fully saturated rings. The van der Waals surface area contributed by atoms with E-state index in [4.69, 9.17) is 0 Å². The minimum Gasteiger partial charge on any atom is -0.311 e. The van der Waals surface area contributed by atoms with E-state index in [2.05, 4.69) is 0 Å². The first-order chi connectivity index (χ1) is 11.2. The van der Waals surface area contributed by atoms with Gasteiger partial charge in [-0.2, -0.15) is 0 Å². The Morgan fingerprint density at radius 1 is 1.00 bits per heavy atom. The van der Waals surface area contributed by atoms with Gasteiger partial charge >= 0.3 is 0 Å². The van der Waals surface area contributed by atoms with E-state index in [0.717, 1.165) is 16.5 Å². The third-order valence-corrected chi connectivity index (χ3v) is 3.88. The van der Waals surface area contributed by atoms with Gasteiger partial charge in [0.1, 0.15) is 6.54 Å². The zero-order valence-electron chi connectivity index (χ0n) is 13.0. The maximum absolute atomic E-state index is 12.7. The van der Waals surface area contributed by atoms with Gasteiger partial charge in [-0.05, 0) is 24.4 Å². The van der Waals surface area contributed by atoms with Gasteiger partial charge < -0.3 is 9.47 Å². The summed E-state index contributed by atoms with van der Waals surface area (Å²) in [7, 11) is 0. The van der Waals surface area contributed by atoms with Gasteiger partial charge in [-0.3, -0.25) is 9.59 Å². The van der Waals surface area contributed by atoms with Gasteiger partial charge in [0.2, 0.25) is 5.91 Å². The van der Waals surface area contributed by atoms with E-state index in [1.807, 2.05) is 49.4 Å². The van der Waals surface area contributed by atoms with Crippen LogP contribution in [0.1, 0.15) is 6.92 Å². The normalized spacial score (nSPS) is 10.7. The number of hydrogen-bond acceptors (Lipinski definition) is 2. The van der Waals surface area contributed by atoms with Crippen molar-refractivity contribution in [2.45, 2.75) is 13.5 Å². The van der Waals surface area contributed by atoms with Gasteiger partial charge in [0, 0.05) is 24.2 Å². The van der Waals surface area contributed by atoms with Crippen LogP contribution in [0.25, 0.3) is 10.8 Å².